The Morgan fingerprint density at radius 1 is 0.796 bits per heavy atom. The van der Waals surface area contributed by atoms with E-state index in [9.17, 15) is 19.2 Å². The van der Waals surface area contributed by atoms with Gasteiger partial charge in [-0.25, -0.2) is 4.79 Å². The number of carbonyl (C=O) groups is 4. The van der Waals surface area contributed by atoms with Gasteiger partial charge in [-0.15, -0.1) is 0 Å². The molecule has 2 N–H and O–H groups in total. The number of nitrogens with zero attached hydrogens (tertiary/aromatic N) is 4. The van der Waals surface area contributed by atoms with Crippen LogP contribution in [-0.4, -0.2) is 129 Å². The molecule has 0 bridgehead atoms. The Bertz CT molecular complexity index is 1600. The molecule has 0 radical (unpaired) electrons. The van der Waals surface area contributed by atoms with Crippen LogP contribution in [0.4, 0.5) is 4.79 Å². The van der Waals surface area contributed by atoms with Gasteiger partial charge < -0.3 is 19.7 Å². The van der Waals surface area contributed by atoms with Crippen molar-refractivity contribution in [2.75, 3.05) is 67.0 Å². The molecule has 1 aliphatic heterocycles. The molecule has 3 atom stereocenters. The minimum absolute atomic E-state index is 0.0116. The fraction of sp³-hybridized carbons (Fsp3) is 0.476. The fourth-order valence-electron chi connectivity index (χ4n) is 6.21. The lowest BCUT2D eigenvalue weighted by Gasteiger charge is -2.37. The van der Waals surface area contributed by atoms with Crippen LogP contribution in [0, 0.1) is 0 Å². The number of piperazine rings is 1. The molecule has 0 aliphatic carbocycles. The first-order valence-electron chi connectivity index (χ1n) is 19.0. The van der Waals surface area contributed by atoms with Crippen LogP contribution in [0.15, 0.2) is 84.9 Å². The summed E-state index contributed by atoms with van der Waals surface area (Å²) in [6.45, 7) is 8.88. The number of rotatable bonds is 19. The molecule has 54 heavy (non-hydrogen) atoms. The largest absolute Gasteiger partial charge is 0.489 e. The summed E-state index contributed by atoms with van der Waals surface area (Å²) >= 11 is 0. The molecule has 1 saturated heterocycles. The monoisotopic (exact) mass is 742 g/mol. The Hall–Kier alpha value is -4.78. The molecule has 1 aliphatic rings. The first-order valence-corrected chi connectivity index (χ1v) is 19.0. The lowest BCUT2D eigenvalue weighted by molar-refractivity contribution is -0.135. The smallest absolute Gasteiger partial charge is 0.410 e. The average Bonchev–Trinajstić information content (AvgIpc) is 3.17. The van der Waals surface area contributed by atoms with Crippen molar-refractivity contribution in [3.05, 3.63) is 102 Å². The van der Waals surface area contributed by atoms with Gasteiger partial charge in [-0.3, -0.25) is 34.4 Å². The molecule has 1 fully saturated rings. The van der Waals surface area contributed by atoms with Crippen LogP contribution in [-0.2, 0) is 38.6 Å². The van der Waals surface area contributed by atoms with Crippen molar-refractivity contribution < 1.29 is 28.7 Å². The maximum Gasteiger partial charge on any atom is 0.410 e. The molecule has 12 heteroatoms. The molecular formula is C42H58N6O6. The van der Waals surface area contributed by atoms with Gasteiger partial charge in [0.1, 0.15) is 24.4 Å². The third kappa shape index (κ3) is 13.9. The molecule has 0 saturated carbocycles. The van der Waals surface area contributed by atoms with Gasteiger partial charge in [-0.05, 0) is 62.7 Å². The highest BCUT2D eigenvalue weighted by atomic mass is 16.6. The Morgan fingerprint density at radius 2 is 1.41 bits per heavy atom. The van der Waals surface area contributed by atoms with Crippen LogP contribution < -0.4 is 15.4 Å². The molecule has 12 nitrogen and oxygen atoms in total. The predicted octanol–water partition coefficient (Wildman–Crippen LogP) is 3.98. The van der Waals surface area contributed by atoms with Crippen molar-refractivity contribution in [3.8, 4) is 5.75 Å². The van der Waals surface area contributed by atoms with Crippen LogP contribution in [0.2, 0.25) is 0 Å². The van der Waals surface area contributed by atoms with E-state index in [2.05, 4.69) is 39.6 Å². The molecule has 1 unspecified atom stereocenters. The van der Waals surface area contributed by atoms with Crippen molar-refractivity contribution in [1.29, 1.82) is 0 Å². The van der Waals surface area contributed by atoms with E-state index in [1.54, 1.807) is 0 Å². The molecule has 4 amide bonds. The second kappa shape index (κ2) is 21.8. The normalized spacial score (nSPS) is 15.1. The van der Waals surface area contributed by atoms with Gasteiger partial charge in [0, 0.05) is 52.2 Å². The zero-order valence-electron chi connectivity index (χ0n) is 32.5. The average molecular weight is 743 g/mol. The maximum absolute atomic E-state index is 13.7. The van der Waals surface area contributed by atoms with Gasteiger partial charge in [-0.1, -0.05) is 86.1 Å². The number of unbranched alkanes of at least 4 members (excludes halogenated alkanes) is 1. The lowest BCUT2D eigenvalue weighted by Crippen LogP contribution is -2.55. The summed E-state index contributed by atoms with van der Waals surface area (Å²) < 4.78 is 11.3. The SMILES string of the molecule is CCCCOC(=O)N(C)[C@@H](Cc1ccc(OCc2ccccc2)cc1)C(=O)N[C@H](C)C(=O)NC(=O)CN(C)C(Cc1ccccc1)CN1CCN(C)CC1. The van der Waals surface area contributed by atoms with Gasteiger partial charge in [0.15, 0.2) is 0 Å². The molecule has 4 rings (SSSR count). The lowest BCUT2D eigenvalue weighted by atomic mass is 10.0. The Labute approximate surface area is 320 Å². The number of hydrogen-bond donors (Lipinski definition) is 2. The topological polar surface area (TPSA) is 124 Å². The Kier molecular flexibility index (Phi) is 16.9. The predicted molar refractivity (Wildman–Crippen MR) is 210 cm³/mol. The number of carbonyl (C=O) groups excluding carboxylic acids is 4. The number of imide groups is 1. The minimum atomic E-state index is -1.04. The zero-order valence-corrected chi connectivity index (χ0v) is 32.5. The molecule has 292 valence electrons. The van der Waals surface area contributed by atoms with Crippen molar-refractivity contribution in [2.45, 2.75) is 64.3 Å². The molecular weight excluding hydrogens is 684 g/mol. The van der Waals surface area contributed by atoms with Crippen molar-refractivity contribution in [2.24, 2.45) is 0 Å². The van der Waals surface area contributed by atoms with Gasteiger partial charge in [0.2, 0.25) is 17.7 Å². The first-order chi connectivity index (χ1) is 26.0. The summed E-state index contributed by atoms with van der Waals surface area (Å²) in [4.78, 5) is 61.1. The second-order valence-electron chi connectivity index (χ2n) is 14.2. The highest BCUT2D eigenvalue weighted by Gasteiger charge is 2.31. The van der Waals surface area contributed by atoms with Gasteiger partial charge in [0.25, 0.3) is 0 Å². The van der Waals surface area contributed by atoms with Crippen LogP contribution in [0.3, 0.4) is 0 Å². The summed E-state index contributed by atoms with van der Waals surface area (Å²) in [6.07, 6.45) is 1.84. The van der Waals surface area contributed by atoms with E-state index in [1.807, 2.05) is 91.7 Å². The van der Waals surface area contributed by atoms with Crippen molar-refractivity contribution in [1.82, 2.24) is 30.2 Å². The Balaban J connectivity index is 1.36. The third-order valence-electron chi connectivity index (χ3n) is 9.79. The van der Waals surface area contributed by atoms with E-state index in [0.717, 1.165) is 56.7 Å². The van der Waals surface area contributed by atoms with Crippen molar-refractivity contribution >= 4 is 23.8 Å². The van der Waals surface area contributed by atoms with Crippen LogP contribution in [0.5, 0.6) is 5.75 Å². The number of likely N-dealkylation sites (N-methyl/N-ethyl adjacent to an activating group) is 3. The van der Waals surface area contributed by atoms with E-state index in [4.69, 9.17) is 9.47 Å². The standard InChI is InChI=1S/C42H58N6O6/c1-6-7-26-53-42(52)47(5)38(28-34-18-20-37(21-19-34)54-31-35-16-12-9-13-17-35)41(51)43-32(2)40(50)44-39(49)30-46(4)36(27-33-14-10-8-11-15-33)29-48-24-22-45(3)23-25-48/h8-21,32,36,38H,6-7,22-31H2,1-5H3,(H,43,51)(H,44,49,50)/t32-,36?,38+/m1/s1. The number of ether oxygens (including phenoxy) is 2. The minimum Gasteiger partial charge on any atom is -0.489 e. The van der Waals surface area contributed by atoms with Gasteiger partial charge in [0.05, 0.1) is 13.2 Å². The van der Waals surface area contributed by atoms with Crippen LogP contribution in [0.1, 0.15) is 43.4 Å². The summed E-state index contributed by atoms with van der Waals surface area (Å²) in [7, 11) is 5.54. The molecule has 0 spiro atoms. The highest BCUT2D eigenvalue weighted by molar-refractivity contribution is 6.00. The van der Waals surface area contributed by atoms with E-state index in [1.165, 1.54) is 24.4 Å². The molecule has 0 aromatic heterocycles. The fourth-order valence-corrected chi connectivity index (χ4v) is 6.21. The van der Waals surface area contributed by atoms with E-state index < -0.39 is 35.9 Å². The number of nitrogens with one attached hydrogen (secondary N) is 2. The molecule has 3 aromatic rings. The maximum atomic E-state index is 13.7. The summed E-state index contributed by atoms with van der Waals surface area (Å²) in [5.74, 6) is -0.964. The second-order valence-corrected chi connectivity index (χ2v) is 14.2. The third-order valence-corrected chi connectivity index (χ3v) is 9.79. The van der Waals surface area contributed by atoms with Gasteiger partial charge in [-0.2, -0.15) is 0 Å². The first kappa shape index (κ1) is 42.0. The molecule has 3 aromatic carbocycles. The molecule has 1 heterocycles. The summed E-state index contributed by atoms with van der Waals surface area (Å²) in [5, 5.41) is 5.20. The number of benzene rings is 3. The van der Waals surface area contributed by atoms with Gasteiger partial charge >= 0.3 is 6.09 Å². The van der Waals surface area contributed by atoms with E-state index >= 15 is 0 Å². The zero-order chi connectivity index (χ0) is 38.9. The number of amides is 4. The van der Waals surface area contributed by atoms with E-state index in [0.29, 0.717) is 18.8 Å². The highest BCUT2D eigenvalue weighted by Crippen LogP contribution is 2.18. The summed E-state index contributed by atoms with van der Waals surface area (Å²) in [5.41, 5.74) is 3.01. The van der Waals surface area contributed by atoms with Crippen molar-refractivity contribution in [3.63, 3.8) is 0 Å². The number of hydrogen-bond acceptors (Lipinski definition) is 9. The summed E-state index contributed by atoms with van der Waals surface area (Å²) in [6, 6.07) is 25.4. The quantitative estimate of drug-likeness (QED) is 0.176. The van der Waals surface area contributed by atoms with E-state index in [-0.39, 0.29) is 25.6 Å². The Morgan fingerprint density at radius 3 is 2.04 bits per heavy atom. The van der Waals surface area contributed by atoms with Crippen LogP contribution in [0.25, 0.3) is 0 Å². The van der Waals surface area contributed by atoms with Crippen LogP contribution >= 0.6 is 0 Å².